The van der Waals surface area contributed by atoms with Crippen LogP contribution in [0.4, 0.5) is 0 Å². The molecule has 0 aromatic rings. The molecule has 1 saturated heterocycles. The van der Waals surface area contributed by atoms with Crippen molar-refractivity contribution in [1.29, 1.82) is 5.26 Å². The van der Waals surface area contributed by atoms with Crippen LogP contribution in [0.3, 0.4) is 0 Å². The maximum absolute atomic E-state index is 11.0. The molecule has 0 aromatic carbocycles. The quantitative estimate of drug-likeness (QED) is 0.656. The maximum Gasteiger partial charge on any atom is 0.221 e. The molecule has 76 valence electrons. The Kier molecular flexibility index (Phi) is 2.69. The number of hydrogen-bond acceptors (Lipinski definition) is 3. The van der Waals surface area contributed by atoms with Crippen LogP contribution in [0, 0.1) is 17.2 Å². The molecular formula is C10H15N3O. The molecule has 2 N–H and O–H groups in total. The zero-order valence-electron chi connectivity index (χ0n) is 8.12. The van der Waals surface area contributed by atoms with Gasteiger partial charge in [0.05, 0.1) is 12.0 Å². The normalized spacial score (nSPS) is 36.8. The lowest BCUT2D eigenvalue weighted by atomic mass is 10.0. The molecule has 0 bridgehead atoms. The van der Waals surface area contributed by atoms with E-state index in [4.69, 9.17) is 5.26 Å². The van der Waals surface area contributed by atoms with Crippen molar-refractivity contribution >= 4 is 5.91 Å². The minimum Gasteiger partial charge on any atom is -0.354 e. The molecule has 3 atom stereocenters. The van der Waals surface area contributed by atoms with Crippen LogP contribution in [0.5, 0.6) is 0 Å². The van der Waals surface area contributed by atoms with E-state index in [0.29, 0.717) is 19.0 Å². The van der Waals surface area contributed by atoms with Gasteiger partial charge in [-0.2, -0.15) is 5.26 Å². The first kappa shape index (κ1) is 9.47. The smallest absolute Gasteiger partial charge is 0.221 e. The highest BCUT2D eigenvalue weighted by Crippen LogP contribution is 2.25. The minimum atomic E-state index is 0.119. The summed E-state index contributed by atoms with van der Waals surface area (Å²) >= 11 is 0. The van der Waals surface area contributed by atoms with Crippen LogP contribution >= 0.6 is 0 Å². The molecule has 0 radical (unpaired) electrons. The topological polar surface area (TPSA) is 64.9 Å². The Hall–Kier alpha value is -1.08. The lowest BCUT2D eigenvalue weighted by Gasteiger charge is -2.19. The van der Waals surface area contributed by atoms with Crippen LogP contribution in [0.15, 0.2) is 0 Å². The molecule has 1 aliphatic carbocycles. The summed E-state index contributed by atoms with van der Waals surface area (Å²) in [6.45, 7) is 0.716. The zero-order chi connectivity index (χ0) is 9.97. The molecule has 2 fully saturated rings. The highest BCUT2D eigenvalue weighted by atomic mass is 16.1. The summed E-state index contributed by atoms with van der Waals surface area (Å²) in [6.07, 6.45) is 3.77. The summed E-state index contributed by atoms with van der Waals surface area (Å²) in [5.41, 5.74) is 0. The van der Waals surface area contributed by atoms with Gasteiger partial charge in [0.25, 0.3) is 0 Å². The number of carbonyl (C=O) groups is 1. The van der Waals surface area contributed by atoms with E-state index in [0.717, 1.165) is 19.3 Å². The average Bonchev–Trinajstić information content (AvgIpc) is 2.76. The van der Waals surface area contributed by atoms with Gasteiger partial charge in [-0.15, -0.1) is 0 Å². The van der Waals surface area contributed by atoms with Gasteiger partial charge in [-0.05, 0) is 12.8 Å². The van der Waals surface area contributed by atoms with Crippen molar-refractivity contribution in [3.63, 3.8) is 0 Å². The lowest BCUT2D eigenvalue weighted by molar-refractivity contribution is -0.119. The predicted octanol–water partition coefficient (Wildman–Crippen LogP) is 0.157. The van der Waals surface area contributed by atoms with Crippen LogP contribution in [0.2, 0.25) is 0 Å². The fourth-order valence-corrected chi connectivity index (χ4v) is 2.34. The molecular weight excluding hydrogens is 178 g/mol. The molecule has 4 heteroatoms. The second-order valence-electron chi connectivity index (χ2n) is 4.14. The van der Waals surface area contributed by atoms with Gasteiger partial charge >= 0.3 is 0 Å². The Bertz CT molecular complexity index is 271. The number of nitriles is 1. The number of rotatable bonds is 2. The van der Waals surface area contributed by atoms with E-state index < -0.39 is 0 Å². The van der Waals surface area contributed by atoms with E-state index in [2.05, 4.69) is 16.7 Å². The molecule has 0 aromatic heterocycles. The Morgan fingerprint density at radius 1 is 1.50 bits per heavy atom. The Morgan fingerprint density at radius 2 is 2.36 bits per heavy atom. The summed E-state index contributed by atoms with van der Waals surface area (Å²) in [6, 6.07) is 2.87. The highest BCUT2D eigenvalue weighted by Gasteiger charge is 2.31. The third-order valence-electron chi connectivity index (χ3n) is 3.11. The van der Waals surface area contributed by atoms with Crippen molar-refractivity contribution in [3.05, 3.63) is 0 Å². The zero-order valence-corrected chi connectivity index (χ0v) is 8.12. The van der Waals surface area contributed by atoms with Crippen molar-refractivity contribution in [3.8, 4) is 6.07 Å². The first-order valence-electron chi connectivity index (χ1n) is 5.22. The molecule has 0 spiro atoms. The van der Waals surface area contributed by atoms with Crippen LogP contribution < -0.4 is 10.6 Å². The third-order valence-corrected chi connectivity index (χ3v) is 3.11. The van der Waals surface area contributed by atoms with Gasteiger partial charge in [0.15, 0.2) is 0 Å². The predicted molar refractivity (Wildman–Crippen MR) is 51.3 cm³/mol. The molecule has 2 aliphatic rings. The van der Waals surface area contributed by atoms with E-state index in [9.17, 15) is 4.79 Å². The van der Waals surface area contributed by atoms with Crippen LogP contribution in [-0.2, 0) is 4.79 Å². The van der Waals surface area contributed by atoms with Crippen molar-refractivity contribution in [2.45, 2.75) is 37.8 Å². The Labute approximate surface area is 83.7 Å². The number of carbonyl (C=O) groups excluding carboxylic acids is 1. The molecule has 14 heavy (non-hydrogen) atoms. The number of nitrogens with one attached hydrogen (secondary N) is 2. The number of nitrogens with zero attached hydrogens (tertiary/aromatic N) is 1. The maximum atomic E-state index is 11.0. The standard InChI is InChI=1S/C10H15N3O/c11-5-7-2-1-3-9(7)13-8-4-10(14)12-6-8/h7-9,13H,1-4,6H2,(H,12,14). The molecule has 4 nitrogen and oxygen atoms in total. The molecule has 2 rings (SSSR count). The second kappa shape index (κ2) is 3.97. The first-order chi connectivity index (χ1) is 6.79. The van der Waals surface area contributed by atoms with Crippen molar-refractivity contribution in [2.75, 3.05) is 6.54 Å². The molecule has 3 unspecified atom stereocenters. The summed E-state index contributed by atoms with van der Waals surface area (Å²) in [4.78, 5) is 11.0. The number of hydrogen-bond donors (Lipinski definition) is 2. The summed E-state index contributed by atoms with van der Waals surface area (Å²) < 4.78 is 0. The monoisotopic (exact) mass is 193 g/mol. The van der Waals surface area contributed by atoms with Crippen molar-refractivity contribution in [1.82, 2.24) is 10.6 Å². The van der Waals surface area contributed by atoms with Crippen LogP contribution in [-0.4, -0.2) is 24.5 Å². The van der Waals surface area contributed by atoms with Gasteiger partial charge in [0, 0.05) is 25.0 Å². The van der Waals surface area contributed by atoms with Gasteiger partial charge in [0.2, 0.25) is 5.91 Å². The molecule has 1 heterocycles. The van der Waals surface area contributed by atoms with E-state index in [1.807, 2.05) is 0 Å². The largest absolute Gasteiger partial charge is 0.354 e. The van der Waals surface area contributed by atoms with Gasteiger partial charge in [-0.1, -0.05) is 6.42 Å². The summed E-state index contributed by atoms with van der Waals surface area (Å²) in [5.74, 6) is 0.264. The van der Waals surface area contributed by atoms with E-state index in [1.165, 1.54) is 0 Å². The molecule has 1 saturated carbocycles. The van der Waals surface area contributed by atoms with Crippen molar-refractivity contribution < 1.29 is 4.79 Å². The average molecular weight is 193 g/mol. The third kappa shape index (κ3) is 1.88. The van der Waals surface area contributed by atoms with E-state index >= 15 is 0 Å². The van der Waals surface area contributed by atoms with E-state index in [-0.39, 0.29) is 17.9 Å². The summed E-state index contributed by atoms with van der Waals surface area (Å²) in [7, 11) is 0. The van der Waals surface area contributed by atoms with Crippen molar-refractivity contribution in [2.24, 2.45) is 5.92 Å². The number of amides is 1. The van der Waals surface area contributed by atoms with Gasteiger partial charge in [-0.3, -0.25) is 4.79 Å². The lowest BCUT2D eigenvalue weighted by Crippen LogP contribution is -2.41. The second-order valence-corrected chi connectivity index (χ2v) is 4.14. The molecule has 1 aliphatic heterocycles. The van der Waals surface area contributed by atoms with Crippen LogP contribution in [0.25, 0.3) is 0 Å². The van der Waals surface area contributed by atoms with Crippen LogP contribution in [0.1, 0.15) is 25.7 Å². The SMILES string of the molecule is N#CC1CCCC1NC1CNC(=O)C1. The fourth-order valence-electron chi connectivity index (χ4n) is 2.34. The fraction of sp³-hybridized carbons (Fsp3) is 0.800. The van der Waals surface area contributed by atoms with Gasteiger partial charge < -0.3 is 10.6 Å². The minimum absolute atomic E-state index is 0.119. The first-order valence-corrected chi connectivity index (χ1v) is 5.22. The Morgan fingerprint density at radius 3 is 3.00 bits per heavy atom. The molecule has 1 amide bonds. The van der Waals surface area contributed by atoms with Gasteiger partial charge in [0.1, 0.15) is 0 Å². The highest BCUT2D eigenvalue weighted by molar-refractivity contribution is 5.78. The van der Waals surface area contributed by atoms with Gasteiger partial charge in [-0.25, -0.2) is 0 Å². The Balaban J connectivity index is 1.85. The van der Waals surface area contributed by atoms with E-state index in [1.54, 1.807) is 0 Å². The summed E-state index contributed by atoms with van der Waals surface area (Å²) in [5, 5.41) is 15.1.